The van der Waals surface area contributed by atoms with E-state index in [0.717, 1.165) is 25.9 Å². The fourth-order valence-electron chi connectivity index (χ4n) is 3.38. The summed E-state index contributed by atoms with van der Waals surface area (Å²) in [6.07, 6.45) is 2.96. The number of cyclic esters (lactones) is 2. The van der Waals surface area contributed by atoms with Gasteiger partial charge in [-0.05, 0) is 30.9 Å². The molecule has 0 saturated carbocycles. The quantitative estimate of drug-likeness (QED) is 0.625. The van der Waals surface area contributed by atoms with Gasteiger partial charge >= 0.3 is 11.9 Å². The molecule has 0 radical (unpaired) electrons. The molecule has 2 saturated heterocycles. The molecular formula is C16H19NO3. The minimum Gasteiger partial charge on any atom is -0.393 e. The average molecular weight is 273 g/mol. The lowest BCUT2D eigenvalue weighted by atomic mass is 9.89. The van der Waals surface area contributed by atoms with E-state index in [9.17, 15) is 9.59 Å². The molecule has 1 unspecified atom stereocenters. The number of ether oxygens (including phenoxy) is 1. The molecule has 0 N–H and O–H groups in total. The first-order chi connectivity index (χ1) is 9.72. The van der Waals surface area contributed by atoms with Crippen LogP contribution in [-0.4, -0.2) is 29.4 Å². The van der Waals surface area contributed by atoms with Gasteiger partial charge in [-0.25, -0.2) is 0 Å². The molecule has 2 fully saturated rings. The summed E-state index contributed by atoms with van der Waals surface area (Å²) in [4.78, 5) is 25.3. The fraction of sp³-hybridized carbons (Fsp3) is 0.500. The van der Waals surface area contributed by atoms with E-state index in [-0.39, 0.29) is 17.9 Å². The highest BCUT2D eigenvalue weighted by Crippen LogP contribution is 2.32. The molecule has 2 heterocycles. The van der Waals surface area contributed by atoms with Crippen LogP contribution in [0.15, 0.2) is 30.3 Å². The van der Waals surface area contributed by atoms with Crippen molar-refractivity contribution in [3.63, 3.8) is 0 Å². The zero-order valence-corrected chi connectivity index (χ0v) is 11.5. The summed E-state index contributed by atoms with van der Waals surface area (Å²) in [5.41, 5.74) is 1.28. The van der Waals surface area contributed by atoms with Crippen LogP contribution in [0.25, 0.3) is 0 Å². The van der Waals surface area contributed by atoms with Crippen LogP contribution in [-0.2, 0) is 20.9 Å². The molecule has 0 aromatic heterocycles. The van der Waals surface area contributed by atoms with Crippen molar-refractivity contribution in [1.29, 1.82) is 0 Å². The number of benzene rings is 1. The van der Waals surface area contributed by atoms with E-state index >= 15 is 0 Å². The molecule has 0 amide bonds. The van der Waals surface area contributed by atoms with Crippen molar-refractivity contribution >= 4 is 11.9 Å². The SMILES string of the molecule is O=C1CC(C2CCCN2Cc2ccccc2)CC(=O)O1. The Morgan fingerprint density at radius 3 is 2.50 bits per heavy atom. The third-order valence-corrected chi connectivity index (χ3v) is 4.27. The third-order valence-electron chi connectivity index (χ3n) is 4.27. The van der Waals surface area contributed by atoms with Crippen LogP contribution in [0.1, 0.15) is 31.2 Å². The lowest BCUT2D eigenvalue weighted by Crippen LogP contribution is -2.40. The number of carbonyl (C=O) groups excluding carboxylic acids is 2. The van der Waals surface area contributed by atoms with Crippen LogP contribution in [0.3, 0.4) is 0 Å². The number of hydrogen-bond donors (Lipinski definition) is 0. The molecule has 0 aliphatic carbocycles. The van der Waals surface area contributed by atoms with Gasteiger partial charge in [-0.2, -0.15) is 0 Å². The predicted molar refractivity (Wildman–Crippen MR) is 73.7 cm³/mol. The van der Waals surface area contributed by atoms with Gasteiger partial charge in [-0.1, -0.05) is 30.3 Å². The smallest absolute Gasteiger partial charge is 0.313 e. The van der Waals surface area contributed by atoms with E-state index in [1.807, 2.05) is 18.2 Å². The fourth-order valence-corrected chi connectivity index (χ4v) is 3.38. The highest BCUT2D eigenvalue weighted by atomic mass is 16.6. The average Bonchev–Trinajstić information content (AvgIpc) is 2.87. The first kappa shape index (κ1) is 13.3. The molecule has 4 nitrogen and oxygen atoms in total. The van der Waals surface area contributed by atoms with Crippen molar-refractivity contribution in [2.45, 2.75) is 38.3 Å². The van der Waals surface area contributed by atoms with Crippen molar-refractivity contribution in [1.82, 2.24) is 4.90 Å². The number of hydrogen-bond acceptors (Lipinski definition) is 4. The minimum atomic E-state index is -0.363. The van der Waals surface area contributed by atoms with Gasteiger partial charge in [-0.3, -0.25) is 14.5 Å². The Labute approximate surface area is 118 Å². The van der Waals surface area contributed by atoms with Gasteiger partial charge in [0.2, 0.25) is 0 Å². The van der Waals surface area contributed by atoms with Gasteiger partial charge in [0.1, 0.15) is 0 Å². The van der Waals surface area contributed by atoms with Gasteiger partial charge in [-0.15, -0.1) is 0 Å². The number of esters is 2. The van der Waals surface area contributed by atoms with Crippen molar-refractivity contribution < 1.29 is 14.3 Å². The number of carbonyl (C=O) groups is 2. The standard InChI is InChI=1S/C16H19NO3/c18-15-9-13(10-16(19)20-15)14-7-4-8-17(14)11-12-5-2-1-3-6-12/h1-3,5-6,13-14H,4,7-11H2. The molecule has 1 aromatic carbocycles. The zero-order chi connectivity index (χ0) is 13.9. The first-order valence-corrected chi connectivity index (χ1v) is 7.24. The molecular weight excluding hydrogens is 254 g/mol. The van der Waals surface area contributed by atoms with E-state index in [0.29, 0.717) is 18.9 Å². The van der Waals surface area contributed by atoms with Gasteiger partial charge in [0.05, 0.1) is 12.8 Å². The summed E-state index contributed by atoms with van der Waals surface area (Å²) in [7, 11) is 0. The molecule has 0 bridgehead atoms. The Balaban J connectivity index is 1.69. The maximum Gasteiger partial charge on any atom is 0.313 e. The van der Waals surface area contributed by atoms with E-state index in [1.54, 1.807) is 0 Å². The maximum atomic E-state index is 11.4. The van der Waals surface area contributed by atoms with Crippen molar-refractivity contribution in [3.05, 3.63) is 35.9 Å². The Hall–Kier alpha value is -1.68. The highest BCUT2D eigenvalue weighted by molar-refractivity contribution is 5.88. The Kier molecular flexibility index (Phi) is 3.83. The van der Waals surface area contributed by atoms with E-state index in [1.165, 1.54) is 5.56 Å². The Morgan fingerprint density at radius 1 is 1.10 bits per heavy atom. The summed E-state index contributed by atoms with van der Waals surface area (Å²) in [5, 5.41) is 0. The van der Waals surface area contributed by atoms with Gasteiger partial charge in [0.15, 0.2) is 0 Å². The second-order valence-electron chi connectivity index (χ2n) is 5.68. The second-order valence-corrected chi connectivity index (χ2v) is 5.68. The van der Waals surface area contributed by atoms with Crippen molar-refractivity contribution in [2.24, 2.45) is 5.92 Å². The van der Waals surface area contributed by atoms with Gasteiger partial charge in [0, 0.05) is 12.6 Å². The largest absolute Gasteiger partial charge is 0.393 e. The van der Waals surface area contributed by atoms with Gasteiger partial charge < -0.3 is 4.74 Å². The predicted octanol–water partition coefficient (Wildman–Crippen LogP) is 2.13. The van der Waals surface area contributed by atoms with Crippen LogP contribution < -0.4 is 0 Å². The molecule has 1 atom stereocenters. The number of nitrogens with zero attached hydrogens (tertiary/aromatic N) is 1. The normalized spacial score (nSPS) is 24.9. The summed E-state index contributed by atoms with van der Waals surface area (Å²) < 4.78 is 4.63. The molecule has 4 heteroatoms. The van der Waals surface area contributed by atoms with Crippen molar-refractivity contribution in [3.8, 4) is 0 Å². The molecule has 1 aromatic rings. The lowest BCUT2D eigenvalue weighted by Gasteiger charge is -2.32. The van der Waals surface area contributed by atoms with Crippen LogP contribution in [0.5, 0.6) is 0 Å². The Bertz CT molecular complexity index is 484. The third kappa shape index (κ3) is 2.90. The summed E-state index contributed by atoms with van der Waals surface area (Å²) >= 11 is 0. The molecule has 106 valence electrons. The van der Waals surface area contributed by atoms with E-state index in [2.05, 4.69) is 21.8 Å². The topological polar surface area (TPSA) is 46.6 Å². The Morgan fingerprint density at radius 2 is 1.80 bits per heavy atom. The van der Waals surface area contributed by atoms with Gasteiger partial charge in [0.25, 0.3) is 0 Å². The first-order valence-electron chi connectivity index (χ1n) is 7.24. The highest BCUT2D eigenvalue weighted by Gasteiger charge is 2.37. The summed E-state index contributed by atoms with van der Waals surface area (Å²) in [6, 6.07) is 10.7. The van der Waals surface area contributed by atoms with Crippen LogP contribution in [0.2, 0.25) is 0 Å². The molecule has 20 heavy (non-hydrogen) atoms. The van der Waals surface area contributed by atoms with Crippen LogP contribution >= 0.6 is 0 Å². The monoisotopic (exact) mass is 273 g/mol. The lowest BCUT2D eigenvalue weighted by molar-refractivity contribution is -0.166. The second kappa shape index (κ2) is 5.75. The number of rotatable bonds is 3. The summed E-state index contributed by atoms with van der Waals surface area (Å²) in [6.45, 7) is 1.94. The van der Waals surface area contributed by atoms with Crippen molar-refractivity contribution in [2.75, 3.05) is 6.54 Å². The molecule has 2 aliphatic rings. The number of likely N-dealkylation sites (tertiary alicyclic amines) is 1. The summed E-state index contributed by atoms with van der Waals surface area (Å²) in [5.74, 6) is -0.606. The maximum absolute atomic E-state index is 11.4. The molecule has 3 rings (SSSR count). The molecule has 2 aliphatic heterocycles. The van der Waals surface area contributed by atoms with Crippen LogP contribution in [0, 0.1) is 5.92 Å². The van der Waals surface area contributed by atoms with Crippen LogP contribution in [0.4, 0.5) is 0 Å². The minimum absolute atomic E-state index is 0.120. The van der Waals surface area contributed by atoms with E-state index in [4.69, 9.17) is 0 Å². The zero-order valence-electron chi connectivity index (χ0n) is 11.5. The van der Waals surface area contributed by atoms with E-state index < -0.39 is 0 Å². The molecule has 0 spiro atoms.